The molecule has 0 bridgehead atoms. The fourth-order valence-corrected chi connectivity index (χ4v) is 4.40. The smallest absolute Gasteiger partial charge is 0.220 e. The van der Waals surface area contributed by atoms with E-state index in [2.05, 4.69) is 26.4 Å². The van der Waals surface area contributed by atoms with Crippen molar-refractivity contribution in [3.63, 3.8) is 0 Å². The second kappa shape index (κ2) is 7.31. The first-order valence-corrected chi connectivity index (χ1v) is 9.57. The highest BCUT2D eigenvalue weighted by atomic mass is 32.1. The van der Waals surface area contributed by atoms with Gasteiger partial charge in [-0.15, -0.1) is 11.3 Å². The number of fused-ring (bicyclic) bond motifs is 1. The number of hydrogen-bond acceptors (Lipinski definition) is 5. The largest absolute Gasteiger partial charge is 0.353 e. The lowest BCUT2D eigenvalue weighted by atomic mass is 9.91. The Morgan fingerprint density at radius 1 is 1.24 bits per heavy atom. The number of thiazole rings is 1. The van der Waals surface area contributed by atoms with Crippen molar-refractivity contribution in [3.05, 3.63) is 41.9 Å². The van der Waals surface area contributed by atoms with Gasteiger partial charge in [0.25, 0.3) is 0 Å². The zero-order valence-corrected chi connectivity index (χ0v) is 14.8. The maximum atomic E-state index is 12.2. The van der Waals surface area contributed by atoms with E-state index in [0.717, 1.165) is 36.2 Å². The van der Waals surface area contributed by atoms with E-state index >= 15 is 0 Å². The molecule has 4 rings (SSSR count). The summed E-state index contributed by atoms with van der Waals surface area (Å²) in [4.78, 5) is 20.9. The molecule has 0 radical (unpaired) electrons. The van der Waals surface area contributed by atoms with Crippen LogP contribution in [0, 0.1) is 0 Å². The van der Waals surface area contributed by atoms with Crippen molar-refractivity contribution in [3.8, 4) is 0 Å². The van der Waals surface area contributed by atoms with Crippen molar-refractivity contribution < 1.29 is 4.79 Å². The standard InChI is InChI=1S/C18H21N5OS/c24-17(9-10-18-22-15-3-1-2-4-16(15)25-18)21-13-5-7-14(8-6-13)23-12-19-11-20-23/h1-4,11-14H,5-10H2,(H,21,24). The van der Waals surface area contributed by atoms with Crippen molar-refractivity contribution >= 4 is 27.5 Å². The minimum absolute atomic E-state index is 0.128. The number of para-hydroxylation sites is 1. The summed E-state index contributed by atoms with van der Waals surface area (Å²) in [5.74, 6) is 0.128. The van der Waals surface area contributed by atoms with Gasteiger partial charge >= 0.3 is 0 Å². The van der Waals surface area contributed by atoms with Crippen LogP contribution in [0.1, 0.15) is 43.2 Å². The van der Waals surface area contributed by atoms with Gasteiger partial charge in [0.2, 0.25) is 5.91 Å². The SMILES string of the molecule is O=C(CCc1nc2ccccc2s1)NC1CCC(n2cncn2)CC1. The van der Waals surface area contributed by atoms with Gasteiger partial charge in [0.1, 0.15) is 12.7 Å². The van der Waals surface area contributed by atoms with E-state index in [0.29, 0.717) is 18.9 Å². The van der Waals surface area contributed by atoms with Crippen LogP contribution in [0.5, 0.6) is 0 Å². The molecule has 130 valence electrons. The van der Waals surface area contributed by atoms with Gasteiger partial charge in [0.05, 0.1) is 21.3 Å². The molecule has 0 saturated heterocycles. The van der Waals surface area contributed by atoms with Gasteiger partial charge in [-0.3, -0.25) is 4.79 Å². The first kappa shape index (κ1) is 16.2. The van der Waals surface area contributed by atoms with Crippen LogP contribution in [-0.2, 0) is 11.2 Å². The highest BCUT2D eigenvalue weighted by Crippen LogP contribution is 2.27. The predicted molar refractivity (Wildman–Crippen MR) is 97.4 cm³/mol. The highest BCUT2D eigenvalue weighted by Gasteiger charge is 2.23. The number of aryl methyl sites for hydroxylation is 1. The Morgan fingerprint density at radius 2 is 2.08 bits per heavy atom. The Kier molecular flexibility index (Phi) is 4.74. The summed E-state index contributed by atoms with van der Waals surface area (Å²) in [5, 5.41) is 8.43. The third-order valence-corrected chi connectivity index (χ3v) is 5.87. The maximum Gasteiger partial charge on any atom is 0.220 e. The molecule has 0 unspecified atom stereocenters. The van der Waals surface area contributed by atoms with Crippen molar-refractivity contribution in [2.24, 2.45) is 0 Å². The Hall–Kier alpha value is -2.28. The molecule has 1 fully saturated rings. The molecule has 7 heteroatoms. The monoisotopic (exact) mass is 355 g/mol. The molecule has 1 aliphatic rings. The molecule has 6 nitrogen and oxygen atoms in total. The van der Waals surface area contributed by atoms with Crippen molar-refractivity contribution in [1.82, 2.24) is 25.1 Å². The van der Waals surface area contributed by atoms with E-state index in [1.807, 2.05) is 22.9 Å². The Labute approximate surface area is 150 Å². The lowest BCUT2D eigenvalue weighted by Gasteiger charge is -2.29. The zero-order valence-electron chi connectivity index (χ0n) is 14.0. The van der Waals surface area contributed by atoms with Gasteiger partial charge in [-0.05, 0) is 37.8 Å². The zero-order chi connectivity index (χ0) is 17.1. The number of aromatic nitrogens is 4. The van der Waals surface area contributed by atoms with Crippen LogP contribution in [0.2, 0.25) is 0 Å². The van der Waals surface area contributed by atoms with Gasteiger partial charge in [-0.25, -0.2) is 14.6 Å². The van der Waals surface area contributed by atoms with E-state index in [1.165, 1.54) is 4.70 Å². The summed E-state index contributed by atoms with van der Waals surface area (Å²) in [5.41, 5.74) is 1.02. The number of benzene rings is 1. The normalized spacial score (nSPS) is 20.6. The summed E-state index contributed by atoms with van der Waals surface area (Å²) in [7, 11) is 0. The third kappa shape index (κ3) is 3.87. The molecule has 1 aliphatic carbocycles. The highest BCUT2D eigenvalue weighted by molar-refractivity contribution is 7.18. The van der Waals surface area contributed by atoms with Crippen LogP contribution in [0.4, 0.5) is 0 Å². The Balaban J connectivity index is 1.24. The van der Waals surface area contributed by atoms with Crippen LogP contribution < -0.4 is 5.32 Å². The molecule has 1 N–H and O–H groups in total. The molecular weight excluding hydrogens is 334 g/mol. The topological polar surface area (TPSA) is 72.7 Å². The molecule has 1 amide bonds. The number of nitrogens with zero attached hydrogens (tertiary/aromatic N) is 4. The number of nitrogens with one attached hydrogen (secondary N) is 1. The summed E-state index contributed by atoms with van der Waals surface area (Å²) < 4.78 is 3.12. The van der Waals surface area contributed by atoms with Crippen molar-refractivity contribution in [1.29, 1.82) is 0 Å². The Morgan fingerprint density at radius 3 is 2.84 bits per heavy atom. The van der Waals surface area contributed by atoms with E-state index in [9.17, 15) is 4.79 Å². The van der Waals surface area contributed by atoms with Crippen LogP contribution >= 0.6 is 11.3 Å². The van der Waals surface area contributed by atoms with Crippen LogP contribution in [0.3, 0.4) is 0 Å². The molecule has 0 spiro atoms. The summed E-state index contributed by atoms with van der Waals surface area (Å²) in [6, 6.07) is 8.80. The summed E-state index contributed by atoms with van der Waals surface area (Å²) >= 11 is 1.68. The number of hydrogen-bond donors (Lipinski definition) is 1. The molecule has 0 atom stereocenters. The first-order chi connectivity index (χ1) is 12.3. The second-order valence-electron chi connectivity index (χ2n) is 6.52. The fourth-order valence-electron chi connectivity index (χ4n) is 3.44. The molecular formula is C18H21N5OS. The molecule has 2 aromatic heterocycles. The van der Waals surface area contributed by atoms with Gasteiger partial charge in [0, 0.05) is 18.9 Å². The molecule has 2 heterocycles. The lowest BCUT2D eigenvalue weighted by molar-refractivity contribution is -0.122. The van der Waals surface area contributed by atoms with E-state index in [1.54, 1.807) is 24.0 Å². The van der Waals surface area contributed by atoms with Gasteiger partial charge in [-0.2, -0.15) is 5.10 Å². The van der Waals surface area contributed by atoms with Crippen LogP contribution in [0.15, 0.2) is 36.9 Å². The molecule has 3 aromatic rings. The van der Waals surface area contributed by atoms with E-state index in [4.69, 9.17) is 0 Å². The van der Waals surface area contributed by atoms with Crippen molar-refractivity contribution in [2.45, 2.75) is 50.6 Å². The Bertz CT molecular complexity index is 803. The number of rotatable bonds is 5. The lowest BCUT2D eigenvalue weighted by Crippen LogP contribution is -2.38. The number of amides is 1. The quantitative estimate of drug-likeness (QED) is 0.763. The van der Waals surface area contributed by atoms with Gasteiger partial charge < -0.3 is 5.32 Å². The minimum Gasteiger partial charge on any atom is -0.353 e. The van der Waals surface area contributed by atoms with E-state index in [-0.39, 0.29) is 11.9 Å². The predicted octanol–water partition coefficient (Wildman–Crippen LogP) is 3.12. The van der Waals surface area contributed by atoms with Crippen LogP contribution in [0.25, 0.3) is 10.2 Å². The first-order valence-electron chi connectivity index (χ1n) is 8.76. The summed E-state index contributed by atoms with van der Waals surface area (Å²) in [6.45, 7) is 0. The second-order valence-corrected chi connectivity index (χ2v) is 7.64. The molecule has 1 aromatic carbocycles. The average Bonchev–Trinajstić information content (AvgIpc) is 3.30. The van der Waals surface area contributed by atoms with Gasteiger partial charge in [0.15, 0.2) is 0 Å². The average molecular weight is 355 g/mol. The summed E-state index contributed by atoms with van der Waals surface area (Å²) in [6.07, 6.45) is 8.63. The molecule has 0 aliphatic heterocycles. The van der Waals surface area contributed by atoms with Gasteiger partial charge in [-0.1, -0.05) is 12.1 Å². The number of carbonyl (C=O) groups excluding carboxylic acids is 1. The molecule has 1 saturated carbocycles. The maximum absolute atomic E-state index is 12.2. The minimum atomic E-state index is 0.128. The molecule has 25 heavy (non-hydrogen) atoms. The third-order valence-electron chi connectivity index (χ3n) is 4.78. The fraction of sp³-hybridized carbons (Fsp3) is 0.444. The van der Waals surface area contributed by atoms with E-state index < -0.39 is 0 Å². The number of carbonyl (C=O) groups is 1. The van der Waals surface area contributed by atoms with Crippen LogP contribution in [-0.4, -0.2) is 31.7 Å². The van der Waals surface area contributed by atoms with Crippen molar-refractivity contribution in [2.75, 3.05) is 0 Å².